The smallest absolute Gasteiger partial charge is 0.329 e. The Labute approximate surface area is 140 Å². The van der Waals surface area contributed by atoms with Gasteiger partial charge in [-0.2, -0.15) is 0 Å². The van der Waals surface area contributed by atoms with Crippen LogP contribution in [0.4, 0.5) is 0 Å². The molecule has 0 aliphatic carbocycles. The first-order valence-corrected chi connectivity index (χ1v) is 9.80. The first kappa shape index (κ1) is 16.8. The molecule has 0 N–H and O–H groups in total. The fraction of sp³-hybridized carbons (Fsp3) is 0.500. The largest absolute Gasteiger partial charge is 0.340 e. The molecule has 1 aliphatic heterocycles. The highest BCUT2D eigenvalue weighted by molar-refractivity contribution is 7.91. The summed E-state index contributed by atoms with van der Waals surface area (Å²) in [5, 5.41) is 0. The van der Waals surface area contributed by atoms with Crippen LogP contribution in [0.5, 0.6) is 0 Å². The predicted molar refractivity (Wildman–Crippen MR) is 91.7 cm³/mol. The van der Waals surface area contributed by atoms with Crippen molar-refractivity contribution in [3.8, 4) is 0 Å². The maximum Gasteiger partial charge on any atom is 0.329 e. The Hall–Kier alpha value is -2.09. The molecule has 8 heteroatoms. The van der Waals surface area contributed by atoms with Crippen molar-refractivity contribution in [2.45, 2.75) is 32.5 Å². The van der Waals surface area contributed by atoms with E-state index in [0.29, 0.717) is 18.5 Å². The van der Waals surface area contributed by atoms with Crippen molar-refractivity contribution in [3.63, 3.8) is 0 Å². The molecule has 2 aromatic rings. The van der Waals surface area contributed by atoms with Crippen LogP contribution in [0.1, 0.15) is 13.3 Å². The lowest BCUT2D eigenvalue weighted by Crippen LogP contribution is -2.41. The van der Waals surface area contributed by atoms with E-state index in [1.807, 2.05) is 31.2 Å². The zero-order valence-corrected chi connectivity index (χ0v) is 14.6. The molecule has 0 spiro atoms. The van der Waals surface area contributed by atoms with E-state index in [1.54, 1.807) is 11.6 Å². The summed E-state index contributed by atoms with van der Waals surface area (Å²) in [5.41, 5.74) is 1.29. The van der Waals surface area contributed by atoms with Gasteiger partial charge in [-0.25, -0.2) is 13.2 Å². The first-order valence-electron chi connectivity index (χ1n) is 7.98. The lowest BCUT2D eigenvalue weighted by Gasteiger charge is -2.23. The highest BCUT2D eigenvalue weighted by Crippen LogP contribution is 2.18. The van der Waals surface area contributed by atoms with Gasteiger partial charge in [-0.1, -0.05) is 12.1 Å². The van der Waals surface area contributed by atoms with Crippen LogP contribution in [0.25, 0.3) is 11.0 Å². The Morgan fingerprint density at radius 2 is 1.88 bits per heavy atom. The van der Waals surface area contributed by atoms with Gasteiger partial charge in [0.1, 0.15) is 6.54 Å². The molecule has 0 saturated carbocycles. The molecule has 1 aromatic heterocycles. The molecule has 0 bridgehead atoms. The highest BCUT2D eigenvalue weighted by atomic mass is 32.2. The Bertz CT molecular complexity index is 942. The number of rotatable bonds is 4. The molecule has 0 radical (unpaired) electrons. The molecule has 7 nitrogen and oxygen atoms in total. The standard InChI is InChI=1S/C16H21N3O4S/c1-3-18-13-6-4-5-7-14(13)19(16(18)21)10-15(20)17(2)12-8-9-24(22,23)11-12/h4-7,12H,3,8-11H2,1-2H3. The summed E-state index contributed by atoms with van der Waals surface area (Å²) >= 11 is 0. The molecule has 1 saturated heterocycles. The minimum Gasteiger partial charge on any atom is -0.340 e. The van der Waals surface area contributed by atoms with E-state index < -0.39 is 9.84 Å². The molecule has 130 valence electrons. The van der Waals surface area contributed by atoms with Gasteiger partial charge in [0, 0.05) is 19.6 Å². The van der Waals surface area contributed by atoms with E-state index in [2.05, 4.69) is 0 Å². The normalized spacial score (nSPS) is 19.7. The first-order chi connectivity index (χ1) is 11.3. The summed E-state index contributed by atoms with van der Waals surface area (Å²) < 4.78 is 26.3. The van der Waals surface area contributed by atoms with Gasteiger partial charge in [0.15, 0.2) is 9.84 Å². The Morgan fingerprint density at radius 1 is 1.25 bits per heavy atom. The van der Waals surface area contributed by atoms with Gasteiger partial charge in [-0.15, -0.1) is 0 Å². The molecule has 1 atom stereocenters. The molecule has 1 amide bonds. The number of aromatic nitrogens is 2. The molecule has 24 heavy (non-hydrogen) atoms. The van der Waals surface area contributed by atoms with Crippen LogP contribution in [-0.2, 0) is 27.7 Å². The van der Waals surface area contributed by atoms with E-state index in [0.717, 1.165) is 5.52 Å². The molecule has 1 aliphatic rings. The van der Waals surface area contributed by atoms with Crippen molar-refractivity contribution < 1.29 is 13.2 Å². The molecule has 3 rings (SSSR count). The second-order valence-electron chi connectivity index (χ2n) is 6.16. The van der Waals surface area contributed by atoms with Gasteiger partial charge < -0.3 is 4.90 Å². The molecule has 2 heterocycles. The van der Waals surface area contributed by atoms with Crippen molar-refractivity contribution in [1.29, 1.82) is 0 Å². The van der Waals surface area contributed by atoms with Crippen molar-refractivity contribution in [2.24, 2.45) is 0 Å². The van der Waals surface area contributed by atoms with E-state index >= 15 is 0 Å². The fourth-order valence-corrected chi connectivity index (χ4v) is 5.04. The maximum atomic E-state index is 12.6. The van der Waals surface area contributed by atoms with E-state index in [9.17, 15) is 18.0 Å². The monoisotopic (exact) mass is 351 g/mol. The van der Waals surface area contributed by atoms with E-state index in [4.69, 9.17) is 0 Å². The second kappa shape index (κ2) is 6.08. The minimum atomic E-state index is -3.06. The van der Waals surface area contributed by atoms with Crippen molar-refractivity contribution in [1.82, 2.24) is 14.0 Å². The van der Waals surface area contributed by atoms with Gasteiger partial charge in [-0.05, 0) is 25.5 Å². The Morgan fingerprint density at radius 3 is 2.42 bits per heavy atom. The van der Waals surface area contributed by atoms with Crippen molar-refractivity contribution in [2.75, 3.05) is 18.6 Å². The third kappa shape index (κ3) is 2.86. The number of hydrogen-bond donors (Lipinski definition) is 0. The number of fused-ring (bicyclic) bond motifs is 1. The van der Waals surface area contributed by atoms with Crippen LogP contribution < -0.4 is 5.69 Å². The Balaban J connectivity index is 1.89. The van der Waals surface area contributed by atoms with E-state index in [-0.39, 0.29) is 35.7 Å². The number of para-hydroxylation sites is 2. The predicted octanol–water partition coefficient (Wildman–Crippen LogP) is 0.468. The maximum absolute atomic E-state index is 12.6. The minimum absolute atomic E-state index is 0.000852. The lowest BCUT2D eigenvalue weighted by molar-refractivity contribution is -0.132. The summed E-state index contributed by atoms with van der Waals surface area (Å²) in [5.74, 6) is -0.135. The summed E-state index contributed by atoms with van der Waals surface area (Å²) in [7, 11) is -1.45. The van der Waals surface area contributed by atoms with Gasteiger partial charge in [0.2, 0.25) is 5.91 Å². The average Bonchev–Trinajstić information content (AvgIpc) is 3.04. The van der Waals surface area contributed by atoms with E-state index in [1.165, 1.54) is 9.47 Å². The number of imidazole rings is 1. The topological polar surface area (TPSA) is 81.4 Å². The van der Waals surface area contributed by atoms with Crippen molar-refractivity contribution in [3.05, 3.63) is 34.7 Å². The number of sulfone groups is 1. The van der Waals surface area contributed by atoms with Crippen LogP contribution in [0, 0.1) is 0 Å². The quantitative estimate of drug-likeness (QED) is 0.802. The lowest BCUT2D eigenvalue weighted by atomic mass is 10.2. The molecular formula is C16H21N3O4S. The number of amides is 1. The molecule has 1 fully saturated rings. The second-order valence-corrected chi connectivity index (χ2v) is 8.39. The zero-order valence-electron chi connectivity index (χ0n) is 13.8. The van der Waals surface area contributed by atoms with Crippen LogP contribution >= 0.6 is 0 Å². The number of likely N-dealkylation sites (N-methyl/N-ethyl adjacent to an activating group) is 1. The SMILES string of the molecule is CCn1c(=O)n(CC(=O)N(C)C2CCS(=O)(=O)C2)c2ccccc21. The van der Waals surface area contributed by atoms with Gasteiger partial charge in [0.25, 0.3) is 0 Å². The third-order valence-corrected chi connectivity index (χ3v) is 6.43. The number of aryl methyl sites for hydroxylation is 1. The van der Waals surface area contributed by atoms with Crippen LogP contribution in [-0.4, -0.2) is 53.0 Å². The van der Waals surface area contributed by atoms with Crippen LogP contribution in [0.2, 0.25) is 0 Å². The molecular weight excluding hydrogens is 330 g/mol. The molecule has 1 aromatic carbocycles. The van der Waals surface area contributed by atoms with Gasteiger partial charge >= 0.3 is 5.69 Å². The zero-order chi connectivity index (χ0) is 17.5. The van der Waals surface area contributed by atoms with Crippen LogP contribution in [0.3, 0.4) is 0 Å². The molecule has 1 unspecified atom stereocenters. The van der Waals surface area contributed by atoms with Crippen LogP contribution in [0.15, 0.2) is 29.1 Å². The summed E-state index contributed by atoms with van der Waals surface area (Å²) in [6.07, 6.45) is 0.455. The van der Waals surface area contributed by atoms with Crippen molar-refractivity contribution >= 4 is 26.8 Å². The number of nitrogens with zero attached hydrogens (tertiary/aromatic N) is 3. The highest BCUT2D eigenvalue weighted by Gasteiger charge is 2.33. The number of carbonyl (C=O) groups excluding carboxylic acids is 1. The average molecular weight is 351 g/mol. The summed E-state index contributed by atoms with van der Waals surface area (Å²) in [4.78, 5) is 26.6. The fourth-order valence-electron chi connectivity index (χ4n) is 3.26. The Kier molecular flexibility index (Phi) is 4.25. The number of carbonyl (C=O) groups is 1. The summed E-state index contributed by atoms with van der Waals surface area (Å²) in [6.45, 7) is 2.33. The number of hydrogen-bond acceptors (Lipinski definition) is 4. The number of benzene rings is 1. The third-order valence-electron chi connectivity index (χ3n) is 4.68. The van der Waals surface area contributed by atoms with Gasteiger partial charge in [0.05, 0.1) is 22.5 Å². The summed E-state index contributed by atoms with van der Waals surface area (Å²) in [6, 6.07) is 7.05. The van der Waals surface area contributed by atoms with Gasteiger partial charge in [-0.3, -0.25) is 13.9 Å².